The molecule has 1 saturated heterocycles. The summed E-state index contributed by atoms with van der Waals surface area (Å²) in [5.74, 6) is -2.89. The Kier molecular flexibility index (Phi) is 4.96. The van der Waals surface area contributed by atoms with Crippen LogP contribution in [0.2, 0.25) is 0 Å². The molecule has 1 aromatic heterocycles. The minimum atomic E-state index is -4.23. The Balaban J connectivity index is 1.55. The number of aliphatic hydroxyl groups excluding tert-OH is 2. The van der Waals surface area contributed by atoms with Crippen LogP contribution in [0.5, 0.6) is 5.75 Å². The van der Waals surface area contributed by atoms with Crippen molar-refractivity contribution >= 4 is 13.6 Å². The summed E-state index contributed by atoms with van der Waals surface area (Å²) < 4.78 is 49.5. The Morgan fingerprint density at radius 2 is 2.10 bits per heavy atom. The Labute approximate surface area is 169 Å². The number of aromatic nitrogens is 2. The molecule has 0 bridgehead atoms. The third kappa shape index (κ3) is 3.41. The normalized spacial score (nSPS) is 35.6. The van der Waals surface area contributed by atoms with Crippen LogP contribution < -0.4 is 15.9 Å². The molecule has 2 aromatic rings. The number of nitrogen functional groups attached to an aromatic ring is 1. The standard InChI is InChI=1S/C17H19FN3O8P/c1-16(21-7-6-12(19)20-15(21)24)13(22)14(23)17(18,29-16)9-27-30(25)26-8-10-4-2-3-5-11(10)28-30/h2-7,13-14,22-23H,8-9H2,1H3,(H2,19,20,24)/t13-,14+,16-,17-,30?/m1/s1. The molecule has 13 heteroatoms. The maximum atomic E-state index is 15.4. The van der Waals surface area contributed by atoms with Crippen LogP contribution in [0.3, 0.4) is 0 Å². The fourth-order valence-electron chi connectivity index (χ4n) is 3.29. The van der Waals surface area contributed by atoms with Gasteiger partial charge in [0.1, 0.15) is 30.4 Å². The number of benzene rings is 1. The average Bonchev–Trinajstić information content (AvgIpc) is 2.87. The zero-order valence-corrected chi connectivity index (χ0v) is 16.6. The van der Waals surface area contributed by atoms with Crippen LogP contribution in [0, 0.1) is 0 Å². The minimum absolute atomic E-state index is 0.0901. The van der Waals surface area contributed by atoms with Gasteiger partial charge in [0, 0.05) is 11.8 Å². The molecule has 1 unspecified atom stereocenters. The number of rotatable bonds is 4. The molecule has 0 aliphatic carbocycles. The third-order valence-electron chi connectivity index (χ3n) is 4.95. The van der Waals surface area contributed by atoms with Crippen molar-refractivity contribution in [3.8, 4) is 5.75 Å². The number of phosphoric acid groups is 1. The van der Waals surface area contributed by atoms with Crippen molar-refractivity contribution in [3.05, 3.63) is 52.6 Å². The Hall–Kier alpha value is -2.34. The van der Waals surface area contributed by atoms with E-state index in [1.54, 1.807) is 24.3 Å². The van der Waals surface area contributed by atoms with Crippen LogP contribution in [0.1, 0.15) is 12.5 Å². The molecule has 0 saturated carbocycles. The highest BCUT2D eigenvalue weighted by Crippen LogP contribution is 2.55. The topological polar surface area (TPSA) is 155 Å². The molecular weight excluding hydrogens is 424 g/mol. The van der Waals surface area contributed by atoms with E-state index in [1.165, 1.54) is 13.0 Å². The lowest BCUT2D eigenvalue weighted by Gasteiger charge is -2.30. The van der Waals surface area contributed by atoms with Gasteiger partial charge in [-0.15, -0.1) is 0 Å². The number of ether oxygens (including phenoxy) is 1. The molecule has 2 aliphatic heterocycles. The summed E-state index contributed by atoms with van der Waals surface area (Å²) in [4.78, 5) is 15.6. The summed E-state index contributed by atoms with van der Waals surface area (Å²) in [7, 11) is -4.23. The van der Waals surface area contributed by atoms with Gasteiger partial charge in [0.2, 0.25) is 0 Å². The van der Waals surface area contributed by atoms with Gasteiger partial charge in [-0.1, -0.05) is 18.2 Å². The Bertz CT molecular complexity index is 1080. The molecule has 1 fully saturated rings. The van der Waals surface area contributed by atoms with Crippen molar-refractivity contribution in [1.29, 1.82) is 0 Å². The van der Waals surface area contributed by atoms with Crippen molar-refractivity contribution in [1.82, 2.24) is 9.55 Å². The number of hydrogen-bond acceptors (Lipinski definition) is 10. The molecule has 2 aliphatic rings. The largest absolute Gasteiger partial charge is 0.530 e. The maximum Gasteiger partial charge on any atom is 0.530 e. The molecular formula is C17H19FN3O8P. The predicted molar refractivity (Wildman–Crippen MR) is 98.9 cm³/mol. The highest BCUT2D eigenvalue weighted by molar-refractivity contribution is 7.49. The zero-order chi connectivity index (χ0) is 21.7. The number of halogens is 1. The van der Waals surface area contributed by atoms with Crippen molar-refractivity contribution in [2.45, 2.75) is 37.3 Å². The van der Waals surface area contributed by atoms with E-state index in [1.807, 2.05) is 0 Å². The highest BCUT2D eigenvalue weighted by Gasteiger charge is 2.63. The molecule has 4 rings (SSSR count). The van der Waals surface area contributed by atoms with Gasteiger partial charge in [-0.3, -0.25) is 13.6 Å². The second-order valence-electron chi connectivity index (χ2n) is 7.03. The van der Waals surface area contributed by atoms with E-state index in [2.05, 4.69) is 4.98 Å². The van der Waals surface area contributed by atoms with Crippen LogP contribution in [0.25, 0.3) is 0 Å². The quantitative estimate of drug-likeness (QED) is 0.574. The van der Waals surface area contributed by atoms with Crippen LogP contribution in [-0.2, 0) is 30.7 Å². The van der Waals surface area contributed by atoms with Gasteiger partial charge in [0.15, 0.2) is 5.72 Å². The molecule has 162 valence electrons. The molecule has 4 N–H and O–H groups in total. The van der Waals surface area contributed by atoms with Crippen LogP contribution >= 0.6 is 7.82 Å². The molecule has 0 amide bonds. The summed E-state index contributed by atoms with van der Waals surface area (Å²) >= 11 is 0. The Morgan fingerprint density at radius 3 is 2.83 bits per heavy atom. The molecule has 5 atom stereocenters. The number of anilines is 1. The fraction of sp³-hybridized carbons (Fsp3) is 0.412. The van der Waals surface area contributed by atoms with E-state index in [9.17, 15) is 19.6 Å². The SMILES string of the molecule is C[C@@]1(n2ccc(N)nc2=O)O[C@](F)(COP2(=O)OCc3ccccc3O2)[C@@H](O)[C@H]1O. The summed E-state index contributed by atoms with van der Waals surface area (Å²) in [6.45, 7) is -0.0339. The molecule has 11 nitrogen and oxygen atoms in total. The summed E-state index contributed by atoms with van der Waals surface area (Å²) in [6, 6.07) is 7.86. The molecule has 0 spiro atoms. The van der Waals surface area contributed by atoms with Crippen LogP contribution in [0.4, 0.5) is 10.2 Å². The van der Waals surface area contributed by atoms with Gasteiger partial charge in [0.05, 0.1) is 6.61 Å². The van der Waals surface area contributed by atoms with Crippen LogP contribution in [0.15, 0.2) is 41.3 Å². The lowest BCUT2D eigenvalue weighted by atomic mass is 10.0. The first-order valence-corrected chi connectivity index (χ1v) is 10.3. The zero-order valence-electron chi connectivity index (χ0n) is 15.7. The van der Waals surface area contributed by atoms with Gasteiger partial charge < -0.3 is 25.2 Å². The second-order valence-corrected chi connectivity index (χ2v) is 8.62. The number of para-hydroxylation sites is 1. The molecule has 1 aromatic carbocycles. The first-order valence-electron chi connectivity index (χ1n) is 8.84. The number of phosphoric ester groups is 1. The highest BCUT2D eigenvalue weighted by atomic mass is 31.2. The number of aliphatic hydroxyl groups is 2. The van der Waals surface area contributed by atoms with E-state index < -0.39 is 43.9 Å². The van der Waals surface area contributed by atoms with Crippen molar-refractivity contribution in [3.63, 3.8) is 0 Å². The first kappa shape index (κ1) is 20.9. The fourth-order valence-corrected chi connectivity index (χ4v) is 4.52. The molecule has 30 heavy (non-hydrogen) atoms. The van der Waals surface area contributed by atoms with Gasteiger partial charge in [0.25, 0.3) is 5.85 Å². The maximum absolute atomic E-state index is 15.4. The number of alkyl halides is 1. The number of hydrogen-bond donors (Lipinski definition) is 3. The second kappa shape index (κ2) is 7.12. The van der Waals surface area contributed by atoms with E-state index in [0.29, 0.717) is 5.56 Å². The third-order valence-corrected chi connectivity index (χ3v) is 6.26. The summed E-state index contributed by atoms with van der Waals surface area (Å²) in [5, 5.41) is 20.7. The van der Waals surface area contributed by atoms with Crippen molar-refractivity contribution < 1.29 is 37.5 Å². The van der Waals surface area contributed by atoms with Crippen molar-refractivity contribution in [2.24, 2.45) is 0 Å². The number of nitrogens with two attached hydrogens (primary N) is 1. The lowest BCUT2D eigenvalue weighted by molar-refractivity contribution is -0.238. The number of nitrogens with zero attached hydrogens (tertiary/aromatic N) is 2. The van der Waals surface area contributed by atoms with Gasteiger partial charge in [-0.2, -0.15) is 4.98 Å². The van der Waals surface area contributed by atoms with E-state index in [4.69, 9.17) is 24.0 Å². The minimum Gasteiger partial charge on any atom is -0.404 e. The van der Waals surface area contributed by atoms with E-state index >= 15 is 4.39 Å². The van der Waals surface area contributed by atoms with E-state index in [-0.39, 0.29) is 18.2 Å². The van der Waals surface area contributed by atoms with Gasteiger partial charge in [-0.25, -0.2) is 13.8 Å². The molecule has 0 radical (unpaired) electrons. The van der Waals surface area contributed by atoms with Gasteiger partial charge >= 0.3 is 13.5 Å². The summed E-state index contributed by atoms with van der Waals surface area (Å²) in [5.41, 5.74) is 3.07. The average molecular weight is 443 g/mol. The number of fused-ring (bicyclic) bond motifs is 1. The Morgan fingerprint density at radius 1 is 1.37 bits per heavy atom. The monoisotopic (exact) mass is 443 g/mol. The smallest absolute Gasteiger partial charge is 0.404 e. The molecule has 3 heterocycles. The van der Waals surface area contributed by atoms with E-state index in [0.717, 1.165) is 10.8 Å². The van der Waals surface area contributed by atoms with Crippen LogP contribution in [-0.4, -0.2) is 44.4 Å². The first-order chi connectivity index (χ1) is 14.1. The van der Waals surface area contributed by atoms with Crippen molar-refractivity contribution in [2.75, 3.05) is 12.3 Å². The lowest BCUT2D eigenvalue weighted by Crippen LogP contribution is -2.48. The van der Waals surface area contributed by atoms with Gasteiger partial charge in [-0.05, 0) is 19.1 Å². The summed E-state index contributed by atoms with van der Waals surface area (Å²) in [6.07, 6.45) is -2.92. The predicted octanol–water partition coefficient (Wildman–Crippen LogP) is 0.650.